The Morgan fingerprint density at radius 1 is 1.24 bits per heavy atom. The van der Waals surface area contributed by atoms with Gasteiger partial charge in [-0.25, -0.2) is 4.79 Å². The van der Waals surface area contributed by atoms with E-state index >= 15 is 0 Å². The first-order chi connectivity index (χ1) is 10.2. The largest absolute Gasteiger partial charge is 0.457 e. The summed E-state index contributed by atoms with van der Waals surface area (Å²) in [6.07, 6.45) is 0.859. The summed E-state index contributed by atoms with van der Waals surface area (Å²) < 4.78 is 5.42. The van der Waals surface area contributed by atoms with E-state index in [1.165, 1.54) is 5.56 Å². The van der Waals surface area contributed by atoms with Gasteiger partial charge < -0.3 is 10.1 Å². The molecule has 1 N–H and O–H groups in total. The molecule has 0 saturated heterocycles. The highest BCUT2D eigenvalue weighted by Gasteiger charge is 2.18. The van der Waals surface area contributed by atoms with Crippen LogP contribution in [0.3, 0.4) is 0 Å². The van der Waals surface area contributed by atoms with Gasteiger partial charge in [-0.1, -0.05) is 35.9 Å². The molecule has 3 rings (SSSR count). The van der Waals surface area contributed by atoms with E-state index in [1.54, 1.807) is 12.1 Å². The molecule has 0 saturated carbocycles. The zero-order valence-electron chi connectivity index (χ0n) is 11.6. The van der Waals surface area contributed by atoms with Crippen LogP contribution in [0.1, 0.15) is 27.0 Å². The third-order valence-corrected chi connectivity index (χ3v) is 3.85. The highest BCUT2D eigenvalue weighted by atomic mass is 35.5. The van der Waals surface area contributed by atoms with Gasteiger partial charge in [0.05, 0.1) is 5.56 Å². The van der Waals surface area contributed by atoms with Crippen LogP contribution in [-0.4, -0.2) is 12.5 Å². The first-order valence-electron chi connectivity index (χ1n) is 6.97. The predicted octanol–water partition coefficient (Wildman–Crippen LogP) is 3.34. The van der Waals surface area contributed by atoms with Crippen LogP contribution in [0.4, 0.5) is 0 Å². The van der Waals surface area contributed by atoms with Crippen molar-refractivity contribution in [2.45, 2.75) is 19.6 Å². The second-order valence-electron chi connectivity index (χ2n) is 5.08. The molecule has 0 amide bonds. The van der Waals surface area contributed by atoms with Gasteiger partial charge in [0.25, 0.3) is 0 Å². The average Bonchev–Trinajstić information content (AvgIpc) is 2.52. The SMILES string of the molecule is O=C(OCc1cccc(Cl)c1)c1cccc2c1CCNC2. The Bertz CT molecular complexity index is 670. The van der Waals surface area contributed by atoms with Gasteiger partial charge in [-0.05, 0) is 47.9 Å². The number of fused-ring (bicyclic) bond motifs is 1. The summed E-state index contributed by atoms with van der Waals surface area (Å²) in [5.41, 5.74) is 3.85. The van der Waals surface area contributed by atoms with Crippen LogP contribution in [-0.2, 0) is 24.3 Å². The summed E-state index contributed by atoms with van der Waals surface area (Å²) in [5.74, 6) is -0.270. The Morgan fingerprint density at radius 2 is 2.10 bits per heavy atom. The number of nitrogens with one attached hydrogen (secondary N) is 1. The van der Waals surface area contributed by atoms with Crippen molar-refractivity contribution in [2.24, 2.45) is 0 Å². The van der Waals surface area contributed by atoms with Gasteiger partial charge in [0.15, 0.2) is 0 Å². The minimum Gasteiger partial charge on any atom is -0.457 e. The molecular weight excluding hydrogens is 286 g/mol. The lowest BCUT2D eigenvalue weighted by Gasteiger charge is -2.19. The highest BCUT2D eigenvalue weighted by Crippen LogP contribution is 2.20. The van der Waals surface area contributed by atoms with E-state index in [0.717, 1.165) is 30.6 Å². The van der Waals surface area contributed by atoms with Gasteiger partial charge in [-0.2, -0.15) is 0 Å². The van der Waals surface area contributed by atoms with E-state index < -0.39 is 0 Å². The predicted molar refractivity (Wildman–Crippen MR) is 82.4 cm³/mol. The van der Waals surface area contributed by atoms with E-state index in [-0.39, 0.29) is 12.6 Å². The molecule has 0 aliphatic carbocycles. The van der Waals surface area contributed by atoms with Gasteiger partial charge in [-0.15, -0.1) is 0 Å². The lowest BCUT2D eigenvalue weighted by atomic mass is 9.95. The molecular formula is C17H16ClNO2. The summed E-state index contributed by atoms with van der Waals surface area (Å²) in [5, 5.41) is 3.95. The van der Waals surface area contributed by atoms with Crippen molar-refractivity contribution in [2.75, 3.05) is 6.54 Å². The summed E-state index contributed by atoms with van der Waals surface area (Å²) >= 11 is 5.92. The zero-order valence-corrected chi connectivity index (χ0v) is 12.3. The lowest BCUT2D eigenvalue weighted by molar-refractivity contribution is 0.0471. The number of carbonyl (C=O) groups is 1. The Balaban J connectivity index is 1.74. The quantitative estimate of drug-likeness (QED) is 0.884. The van der Waals surface area contributed by atoms with Crippen LogP contribution in [0, 0.1) is 0 Å². The first-order valence-corrected chi connectivity index (χ1v) is 7.35. The molecule has 3 nitrogen and oxygen atoms in total. The molecule has 0 spiro atoms. The van der Waals surface area contributed by atoms with Crippen molar-refractivity contribution < 1.29 is 9.53 Å². The van der Waals surface area contributed by atoms with E-state index in [2.05, 4.69) is 11.4 Å². The summed E-state index contributed by atoms with van der Waals surface area (Å²) in [7, 11) is 0. The molecule has 21 heavy (non-hydrogen) atoms. The smallest absolute Gasteiger partial charge is 0.338 e. The van der Waals surface area contributed by atoms with Crippen molar-refractivity contribution in [3.8, 4) is 0 Å². The number of carbonyl (C=O) groups excluding carboxylic acids is 1. The fourth-order valence-electron chi connectivity index (χ4n) is 2.58. The van der Waals surface area contributed by atoms with Crippen LogP contribution >= 0.6 is 11.6 Å². The fraction of sp³-hybridized carbons (Fsp3) is 0.235. The number of hydrogen-bond acceptors (Lipinski definition) is 3. The zero-order chi connectivity index (χ0) is 14.7. The van der Waals surface area contributed by atoms with Crippen LogP contribution in [0.25, 0.3) is 0 Å². The van der Waals surface area contributed by atoms with E-state index in [4.69, 9.17) is 16.3 Å². The van der Waals surface area contributed by atoms with Crippen molar-refractivity contribution in [1.29, 1.82) is 0 Å². The average molecular weight is 302 g/mol. The molecule has 2 aromatic carbocycles. The van der Waals surface area contributed by atoms with Crippen molar-refractivity contribution in [3.05, 3.63) is 69.7 Å². The van der Waals surface area contributed by atoms with Gasteiger partial charge in [0.1, 0.15) is 6.61 Å². The Morgan fingerprint density at radius 3 is 2.95 bits per heavy atom. The van der Waals surface area contributed by atoms with Crippen molar-refractivity contribution >= 4 is 17.6 Å². The van der Waals surface area contributed by atoms with Crippen LogP contribution in [0.2, 0.25) is 5.02 Å². The van der Waals surface area contributed by atoms with Gasteiger partial charge in [-0.3, -0.25) is 0 Å². The molecule has 0 unspecified atom stereocenters. The van der Waals surface area contributed by atoms with Crippen molar-refractivity contribution in [3.63, 3.8) is 0 Å². The summed E-state index contributed by atoms with van der Waals surface area (Å²) in [6.45, 7) is 1.94. The second-order valence-corrected chi connectivity index (χ2v) is 5.51. The van der Waals surface area contributed by atoms with Gasteiger partial charge in [0.2, 0.25) is 0 Å². The third kappa shape index (κ3) is 3.26. The Labute approximate surface area is 128 Å². The molecule has 0 atom stereocenters. The maximum absolute atomic E-state index is 12.3. The minimum absolute atomic E-state index is 0.237. The Kier molecular flexibility index (Phi) is 4.23. The normalized spacial score (nSPS) is 13.6. The second kappa shape index (κ2) is 6.29. The van der Waals surface area contributed by atoms with Crippen LogP contribution < -0.4 is 5.32 Å². The minimum atomic E-state index is -0.270. The molecule has 0 fully saturated rings. The molecule has 1 aliphatic heterocycles. The number of halogens is 1. The molecule has 0 bridgehead atoms. The molecule has 1 aliphatic rings. The summed E-state index contributed by atoms with van der Waals surface area (Å²) in [4.78, 5) is 12.3. The molecule has 108 valence electrons. The molecule has 0 aromatic heterocycles. The Hall–Kier alpha value is -1.84. The number of hydrogen-bond donors (Lipinski definition) is 1. The standard InChI is InChI=1S/C17H16ClNO2/c18-14-5-1-3-12(9-14)11-21-17(20)16-6-2-4-13-10-19-8-7-15(13)16/h1-6,9,19H,7-8,10-11H2. The molecule has 4 heteroatoms. The number of rotatable bonds is 3. The number of ether oxygens (including phenoxy) is 1. The number of esters is 1. The van der Waals surface area contributed by atoms with Crippen LogP contribution in [0.15, 0.2) is 42.5 Å². The molecule has 2 aromatic rings. The van der Waals surface area contributed by atoms with Gasteiger partial charge in [0, 0.05) is 11.6 Å². The molecule has 1 heterocycles. The first kappa shape index (κ1) is 14.1. The fourth-order valence-corrected chi connectivity index (χ4v) is 2.79. The maximum atomic E-state index is 12.3. The number of benzene rings is 2. The third-order valence-electron chi connectivity index (χ3n) is 3.62. The summed E-state index contributed by atoms with van der Waals surface area (Å²) in [6, 6.07) is 13.1. The van der Waals surface area contributed by atoms with Gasteiger partial charge >= 0.3 is 5.97 Å². The monoisotopic (exact) mass is 301 g/mol. The van der Waals surface area contributed by atoms with Crippen molar-refractivity contribution in [1.82, 2.24) is 5.32 Å². The van der Waals surface area contributed by atoms with E-state index in [0.29, 0.717) is 10.6 Å². The van der Waals surface area contributed by atoms with Crippen LogP contribution in [0.5, 0.6) is 0 Å². The van der Waals surface area contributed by atoms with E-state index in [1.807, 2.05) is 24.3 Å². The van der Waals surface area contributed by atoms with E-state index in [9.17, 15) is 4.79 Å². The topological polar surface area (TPSA) is 38.3 Å². The maximum Gasteiger partial charge on any atom is 0.338 e. The lowest BCUT2D eigenvalue weighted by Crippen LogP contribution is -2.25. The molecule has 0 radical (unpaired) electrons. The highest BCUT2D eigenvalue weighted by molar-refractivity contribution is 6.30.